The number of nitrogens with one attached hydrogen (secondary N) is 1. The maximum absolute atomic E-state index is 12.7. The van der Waals surface area contributed by atoms with Crippen LogP contribution >= 0.6 is 0 Å². The summed E-state index contributed by atoms with van der Waals surface area (Å²) in [5.41, 5.74) is 1.03. The Morgan fingerprint density at radius 2 is 1.93 bits per heavy atom. The lowest BCUT2D eigenvalue weighted by Gasteiger charge is -2.24. The zero-order chi connectivity index (χ0) is 19.4. The van der Waals surface area contributed by atoms with E-state index in [1.165, 1.54) is 0 Å². The average Bonchev–Trinajstić information content (AvgIpc) is 2.95. The number of carbonyl (C=O) groups excluding carboxylic acids is 1. The van der Waals surface area contributed by atoms with E-state index in [0.29, 0.717) is 13.2 Å². The van der Waals surface area contributed by atoms with E-state index in [0.717, 1.165) is 29.3 Å². The molecule has 0 fully saturated rings. The Labute approximate surface area is 160 Å². The molecule has 6 nitrogen and oxygen atoms in total. The number of carbonyl (C=O) groups is 1. The summed E-state index contributed by atoms with van der Waals surface area (Å²) in [4.78, 5) is 17.1. The van der Waals surface area contributed by atoms with E-state index in [1.54, 1.807) is 6.20 Å². The Kier molecular flexibility index (Phi) is 6.04. The van der Waals surface area contributed by atoms with Gasteiger partial charge in [0.05, 0.1) is 19.3 Å². The van der Waals surface area contributed by atoms with E-state index in [2.05, 4.69) is 38.0 Å². The van der Waals surface area contributed by atoms with Crippen molar-refractivity contribution in [3.05, 3.63) is 42.0 Å². The van der Waals surface area contributed by atoms with E-state index in [-0.39, 0.29) is 30.3 Å². The Bertz CT molecular complexity index is 783. The van der Waals surface area contributed by atoms with Crippen LogP contribution in [0.3, 0.4) is 0 Å². The molecule has 1 N–H and O–H groups in total. The molecule has 6 heteroatoms. The number of imidazole rings is 1. The zero-order valence-corrected chi connectivity index (χ0v) is 16.6. The molecule has 0 spiro atoms. The van der Waals surface area contributed by atoms with Crippen LogP contribution in [0.5, 0.6) is 11.5 Å². The maximum atomic E-state index is 12.7. The number of aromatic nitrogens is 2. The van der Waals surface area contributed by atoms with Crippen molar-refractivity contribution in [3.8, 4) is 11.5 Å². The average molecular weight is 371 g/mol. The Morgan fingerprint density at radius 3 is 2.63 bits per heavy atom. The van der Waals surface area contributed by atoms with Crippen LogP contribution in [0.4, 0.5) is 0 Å². The Hall–Kier alpha value is -2.50. The first-order chi connectivity index (χ1) is 13.0. The summed E-state index contributed by atoms with van der Waals surface area (Å²) < 4.78 is 13.4. The lowest BCUT2D eigenvalue weighted by molar-refractivity contribution is -0.122. The molecule has 2 heterocycles. The van der Waals surface area contributed by atoms with E-state index < -0.39 is 0 Å². The standard InChI is InChI=1S/C21H29N3O3/c1-14(2)20(16-6-7-17-18(12-16)27-11-5-10-26-17)23-19(25)13-24-9-8-22-21(24)15(3)4/h6-9,12,14-15,20H,5,10-11,13H2,1-4H3,(H,23,25)/t20-/m1/s1. The summed E-state index contributed by atoms with van der Waals surface area (Å²) in [6.07, 6.45) is 4.47. The second kappa shape index (κ2) is 8.46. The summed E-state index contributed by atoms with van der Waals surface area (Å²) in [5, 5.41) is 3.18. The summed E-state index contributed by atoms with van der Waals surface area (Å²) >= 11 is 0. The second-order valence-electron chi connectivity index (χ2n) is 7.61. The maximum Gasteiger partial charge on any atom is 0.240 e. The van der Waals surface area contributed by atoms with Gasteiger partial charge in [-0.1, -0.05) is 33.8 Å². The Morgan fingerprint density at radius 1 is 1.19 bits per heavy atom. The van der Waals surface area contributed by atoms with Crippen LogP contribution in [-0.2, 0) is 11.3 Å². The third kappa shape index (κ3) is 4.62. The lowest BCUT2D eigenvalue weighted by Crippen LogP contribution is -2.34. The summed E-state index contributed by atoms with van der Waals surface area (Å²) in [6.45, 7) is 9.93. The van der Waals surface area contributed by atoms with Crippen molar-refractivity contribution in [3.63, 3.8) is 0 Å². The fourth-order valence-corrected chi connectivity index (χ4v) is 3.34. The molecular formula is C21H29N3O3. The highest BCUT2D eigenvalue weighted by molar-refractivity contribution is 5.76. The van der Waals surface area contributed by atoms with Gasteiger partial charge in [-0.3, -0.25) is 4.79 Å². The molecule has 1 aromatic heterocycles. The molecule has 1 atom stereocenters. The predicted molar refractivity (Wildman–Crippen MR) is 104 cm³/mol. The third-order valence-electron chi connectivity index (χ3n) is 4.69. The third-order valence-corrected chi connectivity index (χ3v) is 4.69. The van der Waals surface area contributed by atoms with Gasteiger partial charge in [-0.05, 0) is 23.6 Å². The van der Waals surface area contributed by atoms with Crippen molar-refractivity contribution in [1.82, 2.24) is 14.9 Å². The van der Waals surface area contributed by atoms with Gasteiger partial charge in [0.25, 0.3) is 0 Å². The van der Waals surface area contributed by atoms with E-state index in [4.69, 9.17) is 9.47 Å². The molecule has 1 aliphatic rings. The number of hydrogen-bond donors (Lipinski definition) is 1. The van der Waals surface area contributed by atoms with E-state index >= 15 is 0 Å². The molecule has 146 valence electrons. The van der Waals surface area contributed by atoms with Crippen LogP contribution in [0.25, 0.3) is 0 Å². The number of ether oxygens (including phenoxy) is 2. The van der Waals surface area contributed by atoms with Gasteiger partial charge in [-0.15, -0.1) is 0 Å². The molecule has 1 aliphatic heterocycles. The molecule has 0 bridgehead atoms. The smallest absolute Gasteiger partial charge is 0.240 e. The Balaban J connectivity index is 1.75. The normalized spacial score (nSPS) is 14.9. The number of rotatable bonds is 6. The van der Waals surface area contributed by atoms with Crippen molar-refractivity contribution in [2.45, 2.75) is 52.6 Å². The van der Waals surface area contributed by atoms with Crippen LogP contribution in [0, 0.1) is 5.92 Å². The highest BCUT2D eigenvalue weighted by Crippen LogP contribution is 2.34. The molecule has 0 saturated heterocycles. The van der Waals surface area contributed by atoms with Crippen LogP contribution in [0.15, 0.2) is 30.6 Å². The van der Waals surface area contributed by atoms with Crippen molar-refractivity contribution in [2.75, 3.05) is 13.2 Å². The molecule has 0 aliphatic carbocycles. The minimum absolute atomic E-state index is 0.0271. The fourth-order valence-electron chi connectivity index (χ4n) is 3.34. The molecule has 0 saturated carbocycles. The fraction of sp³-hybridized carbons (Fsp3) is 0.524. The van der Waals surface area contributed by atoms with Gasteiger partial charge in [0.15, 0.2) is 11.5 Å². The van der Waals surface area contributed by atoms with Gasteiger partial charge >= 0.3 is 0 Å². The summed E-state index contributed by atoms with van der Waals surface area (Å²) in [5.74, 6) is 2.93. The monoisotopic (exact) mass is 371 g/mol. The van der Waals surface area contributed by atoms with Crippen molar-refractivity contribution >= 4 is 5.91 Å². The minimum atomic E-state index is -0.0966. The van der Waals surface area contributed by atoms with Crippen LogP contribution in [-0.4, -0.2) is 28.7 Å². The number of benzene rings is 1. The van der Waals surface area contributed by atoms with Gasteiger partial charge in [0, 0.05) is 24.7 Å². The lowest BCUT2D eigenvalue weighted by atomic mass is 9.95. The molecule has 1 aromatic carbocycles. The molecule has 0 radical (unpaired) electrons. The van der Waals surface area contributed by atoms with E-state index in [9.17, 15) is 4.79 Å². The van der Waals surface area contributed by atoms with Crippen LogP contribution < -0.4 is 14.8 Å². The van der Waals surface area contributed by atoms with Crippen LogP contribution in [0.1, 0.15) is 57.5 Å². The summed E-state index contributed by atoms with van der Waals surface area (Å²) in [7, 11) is 0. The number of fused-ring (bicyclic) bond motifs is 1. The SMILES string of the molecule is CC(C)c1nccn1CC(=O)N[C@@H](c1ccc2c(c1)OCCCO2)C(C)C. The van der Waals surface area contributed by atoms with Gasteiger partial charge < -0.3 is 19.4 Å². The summed E-state index contributed by atoms with van der Waals surface area (Å²) in [6, 6.07) is 5.84. The largest absolute Gasteiger partial charge is 0.490 e. The van der Waals surface area contributed by atoms with Crippen LogP contribution in [0.2, 0.25) is 0 Å². The second-order valence-corrected chi connectivity index (χ2v) is 7.61. The van der Waals surface area contributed by atoms with Gasteiger partial charge in [-0.25, -0.2) is 4.98 Å². The minimum Gasteiger partial charge on any atom is -0.490 e. The zero-order valence-electron chi connectivity index (χ0n) is 16.6. The van der Waals surface area contributed by atoms with Gasteiger partial charge in [0.2, 0.25) is 5.91 Å². The van der Waals surface area contributed by atoms with Crippen molar-refractivity contribution in [2.24, 2.45) is 5.92 Å². The van der Waals surface area contributed by atoms with Crippen molar-refractivity contribution in [1.29, 1.82) is 0 Å². The topological polar surface area (TPSA) is 65.4 Å². The van der Waals surface area contributed by atoms with Gasteiger partial charge in [-0.2, -0.15) is 0 Å². The van der Waals surface area contributed by atoms with E-state index in [1.807, 2.05) is 29.0 Å². The first-order valence-electron chi connectivity index (χ1n) is 9.65. The van der Waals surface area contributed by atoms with Crippen molar-refractivity contribution < 1.29 is 14.3 Å². The first-order valence-corrected chi connectivity index (χ1v) is 9.65. The predicted octanol–water partition coefficient (Wildman–Crippen LogP) is 3.68. The molecule has 0 unspecified atom stereocenters. The molecule has 27 heavy (non-hydrogen) atoms. The molecule has 2 aromatic rings. The molecule has 3 rings (SSSR count). The number of nitrogens with zero attached hydrogens (tertiary/aromatic N) is 2. The number of hydrogen-bond acceptors (Lipinski definition) is 4. The number of amides is 1. The molecule has 1 amide bonds. The highest BCUT2D eigenvalue weighted by Gasteiger charge is 2.22. The molecular weight excluding hydrogens is 342 g/mol. The van der Waals surface area contributed by atoms with Gasteiger partial charge in [0.1, 0.15) is 12.4 Å². The highest BCUT2D eigenvalue weighted by atomic mass is 16.5. The first kappa shape index (κ1) is 19.3. The quantitative estimate of drug-likeness (QED) is 0.841.